The van der Waals surface area contributed by atoms with E-state index in [4.69, 9.17) is 5.41 Å². The summed E-state index contributed by atoms with van der Waals surface area (Å²) in [6, 6.07) is 18.3. The van der Waals surface area contributed by atoms with Crippen molar-refractivity contribution in [1.29, 1.82) is 5.41 Å². The molecule has 0 aliphatic rings. The predicted octanol–water partition coefficient (Wildman–Crippen LogP) is 4.20. The van der Waals surface area contributed by atoms with Crippen LogP contribution in [0.5, 0.6) is 0 Å². The molecular weight excluding hydrogens is 268 g/mol. The highest BCUT2D eigenvalue weighted by molar-refractivity contribution is 5.93. The van der Waals surface area contributed by atoms with E-state index in [9.17, 15) is 0 Å². The van der Waals surface area contributed by atoms with Gasteiger partial charge in [0.05, 0.1) is 0 Å². The number of nitrogens with one attached hydrogen (secondary N) is 2. The van der Waals surface area contributed by atoms with E-state index in [2.05, 4.69) is 36.5 Å². The first-order valence-electron chi connectivity index (χ1n) is 6.35. The first-order chi connectivity index (χ1) is 9.24. The molecule has 0 amide bonds. The molecule has 104 valence electrons. The van der Waals surface area contributed by atoms with Gasteiger partial charge in [0.2, 0.25) is 0 Å². The normalized spacial score (nSPS) is 10.1. The van der Waals surface area contributed by atoms with Crippen LogP contribution in [0.1, 0.15) is 16.7 Å². The van der Waals surface area contributed by atoms with Gasteiger partial charge in [-0.25, -0.2) is 0 Å². The Bertz CT molecular complexity index is 559. The molecule has 2 N–H and O–H groups in total. The third-order valence-electron chi connectivity index (χ3n) is 2.85. The summed E-state index contributed by atoms with van der Waals surface area (Å²) in [6.07, 6.45) is 3.72. The lowest BCUT2D eigenvalue weighted by molar-refractivity contribution is 0.911. The van der Waals surface area contributed by atoms with Crippen LogP contribution < -0.4 is 5.32 Å². The van der Waals surface area contributed by atoms with Crippen molar-refractivity contribution in [1.82, 2.24) is 5.32 Å². The van der Waals surface area contributed by atoms with Crippen molar-refractivity contribution in [3.8, 4) is 0 Å². The van der Waals surface area contributed by atoms with Crippen LogP contribution in [-0.4, -0.2) is 5.84 Å². The average molecular weight is 287 g/mol. The van der Waals surface area contributed by atoms with Crippen LogP contribution >= 0.6 is 12.4 Å². The molecule has 0 bridgehead atoms. The second-order valence-electron chi connectivity index (χ2n) is 4.50. The minimum absolute atomic E-state index is 0. The summed E-state index contributed by atoms with van der Waals surface area (Å²) in [7, 11) is 0. The highest BCUT2D eigenvalue weighted by Crippen LogP contribution is 2.03. The van der Waals surface area contributed by atoms with E-state index in [0.717, 1.165) is 5.56 Å². The Balaban J connectivity index is 0.00000200. The molecule has 0 spiro atoms. The lowest BCUT2D eigenvalue weighted by Crippen LogP contribution is -2.19. The maximum absolute atomic E-state index is 7.83. The summed E-state index contributed by atoms with van der Waals surface area (Å²) in [4.78, 5) is 0. The molecule has 0 aromatic heterocycles. The summed E-state index contributed by atoms with van der Waals surface area (Å²) < 4.78 is 0. The van der Waals surface area contributed by atoms with Crippen LogP contribution in [0.3, 0.4) is 0 Å². The SMILES string of the molecule is Cc1ccc(CNC(=N)/C=C/c2ccccc2)cc1.Cl. The van der Waals surface area contributed by atoms with Crippen molar-refractivity contribution in [3.63, 3.8) is 0 Å². The molecule has 2 rings (SSSR count). The van der Waals surface area contributed by atoms with Crippen LogP contribution in [0.25, 0.3) is 6.08 Å². The Hall–Kier alpha value is -2.06. The molecule has 0 saturated carbocycles. The quantitative estimate of drug-likeness (QED) is 0.641. The Morgan fingerprint density at radius 1 is 1.05 bits per heavy atom. The fraction of sp³-hybridized carbons (Fsp3) is 0.118. The monoisotopic (exact) mass is 286 g/mol. The maximum Gasteiger partial charge on any atom is 0.118 e. The largest absolute Gasteiger partial charge is 0.366 e. The van der Waals surface area contributed by atoms with Gasteiger partial charge in [0.1, 0.15) is 5.84 Å². The number of aryl methyl sites for hydroxylation is 1. The molecule has 2 aromatic carbocycles. The predicted molar refractivity (Wildman–Crippen MR) is 88.5 cm³/mol. The highest BCUT2D eigenvalue weighted by atomic mass is 35.5. The molecule has 0 aliphatic heterocycles. The number of hydrogen-bond donors (Lipinski definition) is 2. The smallest absolute Gasteiger partial charge is 0.118 e. The molecular formula is C17H19ClN2. The van der Waals surface area contributed by atoms with Crippen LogP contribution in [0.2, 0.25) is 0 Å². The number of benzene rings is 2. The summed E-state index contributed by atoms with van der Waals surface area (Å²) in [5.74, 6) is 0.421. The fourth-order valence-electron chi connectivity index (χ4n) is 1.71. The molecule has 2 aromatic rings. The Labute approximate surface area is 126 Å². The number of halogens is 1. The van der Waals surface area contributed by atoms with Gasteiger partial charge in [-0.3, -0.25) is 5.41 Å². The van der Waals surface area contributed by atoms with Crippen molar-refractivity contribution < 1.29 is 0 Å². The second-order valence-corrected chi connectivity index (χ2v) is 4.50. The zero-order chi connectivity index (χ0) is 13.5. The van der Waals surface area contributed by atoms with Gasteiger partial charge < -0.3 is 5.32 Å². The number of hydrogen-bond acceptors (Lipinski definition) is 1. The Morgan fingerprint density at radius 2 is 1.70 bits per heavy atom. The maximum atomic E-state index is 7.83. The standard InChI is InChI=1S/C17H18N2.ClH/c1-14-7-9-16(10-8-14)13-19-17(18)12-11-15-5-3-2-4-6-15;/h2-12H,13H2,1H3,(H2,18,19);1H/b12-11+;. The van der Waals surface area contributed by atoms with Gasteiger partial charge in [-0.1, -0.05) is 66.2 Å². The second kappa shape index (κ2) is 8.18. The van der Waals surface area contributed by atoms with E-state index in [0.29, 0.717) is 12.4 Å². The van der Waals surface area contributed by atoms with E-state index < -0.39 is 0 Å². The lowest BCUT2D eigenvalue weighted by Gasteiger charge is -2.05. The molecule has 0 fully saturated rings. The molecule has 0 aliphatic carbocycles. The van der Waals surface area contributed by atoms with Crippen LogP contribution in [-0.2, 0) is 6.54 Å². The Morgan fingerprint density at radius 3 is 2.35 bits per heavy atom. The zero-order valence-electron chi connectivity index (χ0n) is 11.5. The van der Waals surface area contributed by atoms with Gasteiger partial charge in [0.25, 0.3) is 0 Å². The van der Waals surface area contributed by atoms with Crippen molar-refractivity contribution in [2.75, 3.05) is 0 Å². The molecule has 0 heterocycles. The number of amidine groups is 1. The van der Waals surface area contributed by atoms with E-state index in [1.165, 1.54) is 11.1 Å². The number of rotatable bonds is 4. The van der Waals surface area contributed by atoms with E-state index in [1.807, 2.05) is 36.4 Å². The average Bonchev–Trinajstić information content (AvgIpc) is 2.45. The third kappa shape index (κ3) is 5.29. The first kappa shape index (κ1) is 16.0. The summed E-state index contributed by atoms with van der Waals surface area (Å²) in [6.45, 7) is 2.75. The Kier molecular flexibility index (Phi) is 6.54. The van der Waals surface area contributed by atoms with Crippen LogP contribution in [0.15, 0.2) is 60.7 Å². The van der Waals surface area contributed by atoms with Gasteiger partial charge in [-0.05, 0) is 24.1 Å². The molecule has 0 atom stereocenters. The summed E-state index contributed by atoms with van der Waals surface area (Å²) >= 11 is 0. The first-order valence-corrected chi connectivity index (χ1v) is 6.35. The van der Waals surface area contributed by atoms with E-state index in [1.54, 1.807) is 6.08 Å². The molecule has 2 nitrogen and oxygen atoms in total. The van der Waals surface area contributed by atoms with Gasteiger partial charge in [-0.2, -0.15) is 0 Å². The lowest BCUT2D eigenvalue weighted by atomic mass is 10.1. The van der Waals surface area contributed by atoms with Crippen molar-refractivity contribution >= 4 is 24.3 Å². The van der Waals surface area contributed by atoms with Gasteiger partial charge in [-0.15, -0.1) is 12.4 Å². The molecule has 3 heteroatoms. The third-order valence-corrected chi connectivity index (χ3v) is 2.85. The van der Waals surface area contributed by atoms with Gasteiger partial charge in [0, 0.05) is 6.54 Å². The van der Waals surface area contributed by atoms with E-state index >= 15 is 0 Å². The molecule has 0 radical (unpaired) electrons. The molecule has 20 heavy (non-hydrogen) atoms. The molecule has 0 unspecified atom stereocenters. The van der Waals surface area contributed by atoms with Crippen molar-refractivity contribution in [3.05, 3.63) is 77.4 Å². The van der Waals surface area contributed by atoms with Crippen molar-refractivity contribution in [2.24, 2.45) is 0 Å². The minimum Gasteiger partial charge on any atom is -0.366 e. The fourth-order valence-corrected chi connectivity index (χ4v) is 1.71. The van der Waals surface area contributed by atoms with Gasteiger partial charge >= 0.3 is 0 Å². The van der Waals surface area contributed by atoms with Gasteiger partial charge in [0.15, 0.2) is 0 Å². The van der Waals surface area contributed by atoms with E-state index in [-0.39, 0.29) is 12.4 Å². The molecule has 0 saturated heterocycles. The zero-order valence-corrected chi connectivity index (χ0v) is 12.3. The topological polar surface area (TPSA) is 35.9 Å². The van der Waals surface area contributed by atoms with Crippen LogP contribution in [0.4, 0.5) is 0 Å². The van der Waals surface area contributed by atoms with Crippen molar-refractivity contribution in [2.45, 2.75) is 13.5 Å². The van der Waals surface area contributed by atoms with Crippen LogP contribution in [0, 0.1) is 12.3 Å². The highest BCUT2D eigenvalue weighted by Gasteiger charge is 1.94. The minimum atomic E-state index is 0. The summed E-state index contributed by atoms with van der Waals surface area (Å²) in [5, 5.41) is 10.9. The summed E-state index contributed by atoms with van der Waals surface area (Å²) in [5.41, 5.74) is 3.54.